The maximum Gasteiger partial charge on any atom is 0.251 e. The zero-order chi connectivity index (χ0) is 17.2. The van der Waals surface area contributed by atoms with Gasteiger partial charge in [-0.3, -0.25) is 4.79 Å². The van der Waals surface area contributed by atoms with Crippen molar-refractivity contribution in [3.05, 3.63) is 60.2 Å². The molecular weight excluding hydrogens is 310 g/mol. The Balaban J connectivity index is 1.35. The molecule has 2 aromatic carbocycles. The van der Waals surface area contributed by atoms with Crippen LogP contribution in [0.15, 0.2) is 54.6 Å². The molecule has 3 heteroatoms. The summed E-state index contributed by atoms with van der Waals surface area (Å²) in [5.41, 5.74) is 0.690. The second-order valence-corrected chi connectivity index (χ2v) is 7.54. The lowest BCUT2D eigenvalue weighted by Gasteiger charge is -2.28. The van der Waals surface area contributed by atoms with Crippen molar-refractivity contribution in [2.75, 3.05) is 0 Å². The minimum Gasteiger partial charge on any atom is -0.457 e. The van der Waals surface area contributed by atoms with Gasteiger partial charge in [-0.1, -0.05) is 24.6 Å². The van der Waals surface area contributed by atoms with Gasteiger partial charge < -0.3 is 10.1 Å². The zero-order valence-corrected chi connectivity index (χ0v) is 14.7. The van der Waals surface area contributed by atoms with Crippen molar-refractivity contribution in [3.8, 4) is 11.5 Å². The lowest BCUT2D eigenvalue weighted by Crippen LogP contribution is -2.40. The van der Waals surface area contributed by atoms with E-state index in [0.717, 1.165) is 23.3 Å². The number of fused-ring (bicyclic) bond motifs is 2. The van der Waals surface area contributed by atoms with Crippen molar-refractivity contribution in [2.45, 2.75) is 38.6 Å². The minimum atomic E-state index is 0.0153. The van der Waals surface area contributed by atoms with Gasteiger partial charge in [0.2, 0.25) is 0 Å². The van der Waals surface area contributed by atoms with Gasteiger partial charge in [-0.05, 0) is 80.3 Å². The first-order valence-corrected chi connectivity index (χ1v) is 9.33. The molecule has 0 saturated heterocycles. The number of hydrogen-bond donors (Lipinski definition) is 1. The number of amides is 1. The van der Waals surface area contributed by atoms with Crippen LogP contribution < -0.4 is 10.1 Å². The first kappa shape index (κ1) is 16.2. The number of ether oxygens (including phenoxy) is 1. The van der Waals surface area contributed by atoms with Gasteiger partial charge in [-0.25, -0.2) is 0 Å². The second-order valence-electron chi connectivity index (χ2n) is 7.54. The quantitative estimate of drug-likeness (QED) is 0.832. The Kier molecular flexibility index (Phi) is 4.48. The van der Waals surface area contributed by atoms with Crippen LogP contribution in [0.1, 0.15) is 43.0 Å². The van der Waals surface area contributed by atoms with Crippen LogP contribution in [-0.2, 0) is 0 Å². The van der Waals surface area contributed by atoms with Crippen LogP contribution in [0.2, 0.25) is 0 Å². The smallest absolute Gasteiger partial charge is 0.251 e. The number of hydrogen-bond acceptors (Lipinski definition) is 2. The number of para-hydroxylation sites is 1. The standard InChI is InChI=1S/C22H25NO2/c1-15(21-14-16-7-8-18(21)13-16)23-22(24)17-9-11-20(12-10-17)25-19-5-3-2-4-6-19/h2-6,9-12,15-16,18,21H,7-8,13-14H2,1H3,(H,23,24)/t15-,16+,18+,21-/m1/s1. The molecule has 3 nitrogen and oxygen atoms in total. The molecule has 2 aromatic rings. The third-order valence-electron chi connectivity index (χ3n) is 5.89. The largest absolute Gasteiger partial charge is 0.457 e. The van der Waals surface area contributed by atoms with Crippen LogP contribution in [0.4, 0.5) is 0 Å². The molecule has 0 unspecified atom stereocenters. The molecule has 0 aliphatic heterocycles. The molecule has 2 fully saturated rings. The van der Waals surface area contributed by atoms with Gasteiger partial charge in [0.15, 0.2) is 0 Å². The van der Waals surface area contributed by atoms with E-state index in [1.807, 2.05) is 54.6 Å². The van der Waals surface area contributed by atoms with E-state index >= 15 is 0 Å². The van der Waals surface area contributed by atoms with Gasteiger partial charge in [0, 0.05) is 11.6 Å². The third kappa shape index (κ3) is 3.55. The van der Waals surface area contributed by atoms with Gasteiger partial charge in [-0.15, -0.1) is 0 Å². The van der Waals surface area contributed by atoms with Crippen molar-refractivity contribution in [1.29, 1.82) is 0 Å². The molecule has 0 heterocycles. The average molecular weight is 335 g/mol. The van der Waals surface area contributed by atoms with Crippen LogP contribution in [-0.4, -0.2) is 11.9 Å². The number of carbonyl (C=O) groups is 1. The number of rotatable bonds is 5. The lowest BCUT2D eigenvalue weighted by atomic mass is 9.84. The number of nitrogens with one attached hydrogen (secondary N) is 1. The number of carbonyl (C=O) groups excluding carboxylic acids is 1. The van der Waals surface area contributed by atoms with Crippen LogP contribution in [0.5, 0.6) is 11.5 Å². The predicted molar refractivity (Wildman–Crippen MR) is 98.8 cm³/mol. The molecule has 0 spiro atoms. The van der Waals surface area contributed by atoms with Gasteiger partial charge in [0.1, 0.15) is 11.5 Å². The van der Waals surface area contributed by atoms with Crippen LogP contribution in [0.25, 0.3) is 0 Å². The molecular formula is C22H25NO2. The first-order valence-electron chi connectivity index (χ1n) is 9.33. The summed E-state index contributed by atoms with van der Waals surface area (Å²) < 4.78 is 5.78. The summed E-state index contributed by atoms with van der Waals surface area (Å²) >= 11 is 0. The molecule has 2 saturated carbocycles. The van der Waals surface area contributed by atoms with Crippen molar-refractivity contribution >= 4 is 5.91 Å². The zero-order valence-electron chi connectivity index (χ0n) is 14.7. The van der Waals surface area contributed by atoms with Crippen molar-refractivity contribution in [2.24, 2.45) is 17.8 Å². The maximum atomic E-state index is 12.5. The topological polar surface area (TPSA) is 38.3 Å². The fourth-order valence-electron chi connectivity index (χ4n) is 4.60. The SMILES string of the molecule is C[C@@H](NC(=O)c1ccc(Oc2ccccc2)cc1)[C@H]1C[C@H]2CC[C@H]1C2. The Morgan fingerprint density at radius 1 is 1.00 bits per heavy atom. The summed E-state index contributed by atoms with van der Waals surface area (Å²) in [6.07, 6.45) is 5.40. The monoisotopic (exact) mass is 335 g/mol. The molecule has 2 aliphatic rings. The summed E-state index contributed by atoms with van der Waals surface area (Å²) in [6.45, 7) is 2.16. The average Bonchev–Trinajstić information content (AvgIpc) is 3.26. The summed E-state index contributed by atoms with van der Waals surface area (Å²) in [6, 6.07) is 17.3. The Hall–Kier alpha value is -2.29. The Labute approximate surface area is 149 Å². The molecule has 4 atom stereocenters. The van der Waals surface area contributed by atoms with Crippen molar-refractivity contribution in [1.82, 2.24) is 5.32 Å². The normalized spacial score (nSPS) is 25.6. The van der Waals surface area contributed by atoms with E-state index < -0.39 is 0 Å². The maximum absolute atomic E-state index is 12.5. The van der Waals surface area contributed by atoms with Gasteiger partial charge in [0.05, 0.1) is 0 Å². The highest BCUT2D eigenvalue weighted by Crippen LogP contribution is 2.49. The van der Waals surface area contributed by atoms with E-state index in [2.05, 4.69) is 12.2 Å². The van der Waals surface area contributed by atoms with E-state index in [1.165, 1.54) is 25.7 Å². The second kappa shape index (κ2) is 6.91. The fraction of sp³-hybridized carbons (Fsp3) is 0.409. The fourth-order valence-corrected chi connectivity index (χ4v) is 4.60. The minimum absolute atomic E-state index is 0.0153. The van der Waals surface area contributed by atoms with Crippen LogP contribution >= 0.6 is 0 Å². The first-order chi connectivity index (χ1) is 12.2. The van der Waals surface area contributed by atoms with Gasteiger partial charge >= 0.3 is 0 Å². The lowest BCUT2D eigenvalue weighted by molar-refractivity contribution is 0.0915. The summed E-state index contributed by atoms with van der Waals surface area (Å²) in [4.78, 5) is 12.5. The van der Waals surface area contributed by atoms with Crippen LogP contribution in [0.3, 0.4) is 0 Å². The molecule has 1 amide bonds. The number of benzene rings is 2. The van der Waals surface area contributed by atoms with Crippen molar-refractivity contribution in [3.63, 3.8) is 0 Å². The van der Waals surface area contributed by atoms with E-state index in [0.29, 0.717) is 11.5 Å². The molecule has 0 aromatic heterocycles. The van der Waals surface area contributed by atoms with E-state index in [1.54, 1.807) is 0 Å². The molecule has 25 heavy (non-hydrogen) atoms. The summed E-state index contributed by atoms with van der Waals surface area (Å²) in [5.74, 6) is 3.93. The van der Waals surface area contributed by atoms with Crippen LogP contribution in [0, 0.1) is 17.8 Å². The predicted octanol–water partition coefficient (Wildman–Crippen LogP) is 5.03. The third-order valence-corrected chi connectivity index (χ3v) is 5.89. The molecule has 1 N–H and O–H groups in total. The Morgan fingerprint density at radius 2 is 1.72 bits per heavy atom. The van der Waals surface area contributed by atoms with Gasteiger partial charge in [0.25, 0.3) is 5.91 Å². The highest BCUT2D eigenvalue weighted by atomic mass is 16.5. The summed E-state index contributed by atoms with van der Waals surface area (Å²) in [5, 5.41) is 3.21. The van der Waals surface area contributed by atoms with E-state index in [9.17, 15) is 4.79 Å². The highest BCUT2D eigenvalue weighted by Gasteiger charge is 2.42. The highest BCUT2D eigenvalue weighted by molar-refractivity contribution is 5.94. The van der Waals surface area contributed by atoms with Crippen molar-refractivity contribution < 1.29 is 9.53 Å². The molecule has 130 valence electrons. The summed E-state index contributed by atoms with van der Waals surface area (Å²) in [7, 11) is 0. The van der Waals surface area contributed by atoms with E-state index in [-0.39, 0.29) is 11.9 Å². The molecule has 4 rings (SSSR count). The molecule has 2 aliphatic carbocycles. The van der Waals surface area contributed by atoms with Gasteiger partial charge in [-0.2, -0.15) is 0 Å². The molecule has 0 radical (unpaired) electrons. The Morgan fingerprint density at radius 3 is 2.36 bits per heavy atom. The van der Waals surface area contributed by atoms with E-state index in [4.69, 9.17) is 4.74 Å². The molecule has 2 bridgehead atoms. The Bertz CT molecular complexity index is 725.